The topological polar surface area (TPSA) is 26.3 Å². The predicted octanol–water partition coefficient (Wildman–Crippen LogP) is 2.36. The van der Waals surface area contributed by atoms with Gasteiger partial charge in [0.15, 0.2) is 0 Å². The van der Waals surface area contributed by atoms with Gasteiger partial charge in [0.25, 0.3) is 6.08 Å². The van der Waals surface area contributed by atoms with Crippen molar-refractivity contribution >= 4 is 5.97 Å². The maximum atomic E-state index is 11.8. The molecule has 12 heavy (non-hydrogen) atoms. The van der Waals surface area contributed by atoms with Gasteiger partial charge in [0, 0.05) is 0 Å². The molecule has 0 saturated carbocycles. The van der Waals surface area contributed by atoms with Gasteiger partial charge in [-0.15, -0.1) is 0 Å². The van der Waals surface area contributed by atoms with Crippen LogP contribution < -0.4 is 0 Å². The second-order valence-corrected chi connectivity index (χ2v) is 2.88. The van der Waals surface area contributed by atoms with Crippen LogP contribution in [0.15, 0.2) is 11.7 Å². The molecule has 0 aliphatic rings. The quantitative estimate of drug-likeness (QED) is 0.489. The van der Waals surface area contributed by atoms with Crippen LogP contribution in [-0.4, -0.2) is 12.6 Å². The van der Waals surface area contributed by atoms with Gasteiger partial charge in [-0.1, -0.05) is 13.8 Å². The van der Waals surface area contributed by atoms with Crippen LogP contribution in [-0.2, 0) is 9.53 Å². The monoisotopic (exact) mass is 178 g/mol. The van der Waals surface area contributed by atoms with Gasteiger partial charge in [0.1, 0.15) is 0 Å². The summed E-state index contributed by atoms with van der Waals surface area (Å²) < 4.78 is 28.1. The second kappa shape index (κ2) is 4.85. The van der Waals surface area contributed by atoms with Crippen LogP contribution in [0, 0.1) is 5.92 Å². The lowest BCUT2D eigenvalue weighted by molar-refractivity contribution is -0.140. The first-order valence-corrected chi connectivity index (χ1v) is 3.64. The largest absolute Gasteiger partial charge is 0.462 e. The Labute approximate surface area is 70.2 Å². The zero-order valence-corrected chi connectivity index (χ0v) is 7.36. The van der Waals surface area contributed by atoms with E-state index in [1.54, 1.807) is 0 Å². The zero-order chi connectivity index (χ0) is 9.72. The number of carbonyl (C=O) groups is 1. The third-order valence-corrected chi connectivity index (χ3v) is 1.14. The lowest BCUT2D eigenvalue weighted by Gasteiger charge is -2.05. The fourth-order valence-corrected chi connectivity index (χ4v) is 0.428. The molecule has 0 aromatic heterocycles. The van der Waals surface area contributed by atoms with Gasteiger partial charge in [-0.2, -0.15) is 8.78 Å². The molecule has 2 nitrogen and oxygen atoms in total. The van der Waals surface area contributed by atoms with E-state index in [1.165, 1.54) is 0 Å². The predicted molar refractivity (Wildman–Crippen MR) is 40.7 cm³/mol. The number of rotatable bonds is 3. The second-order valence-electron chi connectivity index (χ2n) is 2.88. The fourth-order valence-electron chi connectivity index (χ4n) is 0.428. The Hall–Kier alpha value is -0.930. The Morgan fingerprint density at radius 1 is 1.42 bits per heavy atom. The molecule has 0 radical (unpaired) electrons. The van der Waals surface area contributed by atoms with E-state index in [4.69, 9.17) is 0 Å². The van der Waals surface area contributed by atoms with Gasteiger partial charge >= 0.3 is 5.97 Å². The minimum atomic E-state index is -1.98. The average molecular weight is 178 g/mol. The van der Waals surface area contributed by atoms with Crippen molar-refractivity contribution < 1.29 is 18.3 Å². The summed E-state index contributed by atoms with van der Waals surface area (Å²) in [6.07, 6.45) is -1.98. The smallest absolute Gasteiger partial charge is 0.339 e. The van der Waals surface area contributed by atoms with Crippen molar-refractivity contribution in [3.05, 3.63) is 11.7 Å². The van der Waals surface area contributed by atoms with Crippen molar-refractivity contribution in [2.75, 3.05) is 6.61 Å². The fraction of sp³-hybridized carbons (Fsp3) is 0.625. The van der Waals surface area contributed by atoms with Gasteiger partial charge in [0.05, 0.1) is 12.2 Å². The Morgan fingerprint density at radius 2 is 1.92 bits per heavy atom. The summed E-state index contributed by atoms with van der Waals surface area (Å²) in [6.45, 7) is 4.87. The van der Waals surface area contributed by atoms with Gasteiger partial charge in [-0.25, -0.2) is 4.79 Å². The molecular formula is C8H12F2O2. The van der Waals surface area contributed by atoms with Gasteiger partial charge in [-0.05, 0) is 12.8 Å². The molecular weight excluding hydrogens is 166 g/mol. The van der Waals surface area contributed by atoms with E-state index in [0.29, 0.717) is 0 Å². The van der Waals surface area contributed by atoms with E-state index in [2.05, 4.69) is 4.74 Å². The van der Waals surface area contributed by atoms with Crippen LogP contribution in [0.3, 0.4) is 0 Å². The molecule has 70 valence electrons. The summed E-state index contributed by atoms with van der Waals surface area (Å²) in [6, 6.07) is 0. The van der Waals surface area contributed by atoms with Crippen LogP contribution in [0.1, 0.15) is 20.8 Å². The normalized spacial score (nSPS) is 9.83. The number of esters is 1. The minimum Gasteiger partial charge on any atom is -0.462 e. The van der Waals surface area contributed by atoms with E-state index in [9.17, 15) is 13.6 Å². The zero-order valence-electron chi connectivity index (χ0n) is 7.36. The number of ether oxygens (including phenoxy) is 1. The summed E-state index contributed by atoms with van der Waals surface area (Å²) in [5, 5.41) is 0. The molecule has 0 saturated heterocycles. The van der Waals surface area contributed by atoms with Crippen LogP contribution in [0.2, 0.25) is 0 Å². The Bertz CT molecular complexity index is 193. The molecule has 0 N–H and O–H groups in total. The SMILES string of the molecule is CC(C(=O)OCC(C)C)=C(F)F. The third kappa shape index (κ3) is 4.05. The highest BCUT2D eigenvalue weighted by atomic mass is 19.3. The standard InChI is InChI=1S/C8H12F2O2/c1-5(2)4-12-8(11)6(3)7(9)10/h5H,4H2,1-3H3. The van der Waals surface area contributed by atoms with Crippen LogP contribution in [0.4, 0.5) is 8.78 Å². The summed E-state index contributed by atoms with van der Waals surface area (Å²) in [5.41, 5.74) is -0.615. The van der Waals surface area contributed by atoms with Crippen LogP contribution in [0.25, 0.3) is 0 Å². The summed E-state index contributed by atoms with van der Waals surface area (Å²) in [5.74, 6) is -0.784. The molecule has 0 bridgehead atoms. The van der Waals surface area contributed by atoms with E-state index in [-0.39, 0.29) is 12.5 Å². The highest BCUT2D eigenvalue weighted by Crippen LogP contribution is 2.08. The van der Waals surface area contributed by atoms with Crippen LogP contribution >= 0.6 is 0 Å². The molecule has 0 heterocycles. The molecule has 0 aliphatic carbocycles. The van der Waals surface area contributed by atoms with E-state index < -0.39 is 17.6 Å². The Balaban J connectivity index is 3.98. The van der Waals surface area contributed by atoms with Crippen molar-refractivity contribution in [2.24, 2.45) is 5.92 Å². The number of hydrogen-bond donors (Lipinski definition) is 0. The first-order chi connectivity index (χ1) is 5.45. The van der Waals surface area contributed by atoms with Gasteiger partial charge in [0.2, 0.25) is 0 Å². The molecule has 0 aromatic carbocycles. The summed E-state index contributed by atoms with van der Waals surface area (Å²) >= 11 is 0. The molecule has 0 atom stereocenters. The molecule has 0 amide bonds. The summed E-state index contributed by atoms with van der Waals surface area (Å²) in [7, 11) is 0. The number of halogens is 2. The van der Waals surface area contributed by atoms with E-state index >= 15 is 0 Å². The maximum Gasteiger partial charge on any atom is 0.339 e. The number of carbonyl (C=O) groups excluding carboxylic acids is 1. The highest BCUT2D eigenvalue weighted by Gasteiger charge is 2.12. The lowest BCUT2D eigenvalue weighted by atomic mass is 10.2. The van der Waals surface area contributed by atoms with Crippen molar-refractivity contribution in [2.45, 2.75) is 20.8 Å². The number of hydrogen-bond acceptors (Lipinski definition) is 2. The molecule has 0 fully saturated rings. The van der Waals surface area contributed by atoms with Crippen molar-refractivity contribution in [1.82, 2.24) is 0 Å². The average Bonchev–Trinajstić information content (AvgIpc) is 1.98. The van der Waals surface area contributed by atoms with Crippen molar-refractivity contribution in [3.63, 3.8) is 0 Å². The molecule has 0 aliphatic heterocycles. The molecule has 0 unspecified atom stereocenters. The molecule has 0 rings (SSSR count). The minimum absolute atomic E-state index is 0.157. The van der Waals surface area contributed by atoms with Crippen LogP contribution in [0.5, 0.6) is 0 Å². The van der Waals surface area contributed by atoms with Crippen molar-refractivity contribution in [1.29, 1.82) is 0 Å². The molecule has 0 aromatic rings. The maximum absolute atomic E-state index is 11.8. The lowest BCUT2D eigenvalue weighted by Crippen LogP contribution is -2.11. The Morgan fingerprint density at radius 3 is 2.25 bits per heavy atom. The van der Waals surface area contributed by atoms with E-state index in [1.807, 2.05) is 13.8 Å². The first-order valence-electron chi connectivity index (χ1n) is 3.64. The molecule has 0 spiro atoms. The summed E-state index contributed by atoms with van der Waals surface area (Å²) in [4.78, 5) is 10.7. The third-order valence-electron chi connectivity index (χ3n) is 1.14. The highest BCUT2D eigenvalue weighted by molar-refractivity contribution is 5.87. The van der Waals surface area contributed by atoms with E-state index in [0.717, 1.165) is 6.92 Å². The van der Waals surface area contributed by atoms with Crippen molar-refractivity contribution in [3.8, 4) is 0 Å². The van der Waals surface area contributed by atoms with Gasteiger partial charge in [-0.3, -0.25) is 0 Å². The molecule has 4 heteroatoms. The Kier molecular flexibility index (Phi) is 4.47. The first kappa shape index (κ1) is 11.1. The van der Waals surface area contributed by atoms with Gasteiger partial charge < -0.3 is 4.74 Å².